The van der Waals surface area contributed by atoms with E-state index in [9.17, 15) is 0 Å². The summed E-state index contributed by atoms with van der Waals surface area (Å²) in [6, 6.07) is 0. The zero-order valence-electron chi connectivity index (χ0n) is 12.2. The van der Waals surface area contributed by atoms with E-state index in [1.807, 2.05) is 0 Å². The molecule has 0 saturated carbocycles. The first kappa shape index (κ1) is 16.1. The van der Waals surface area contributed by atoms with Crippen molar-refractivity contribution in [3.8, 4) is 0 Å². The second-order valence-corrected chi connectivity index (χ2v) is 7.89. The molecule has 1 aliphatic heterocycles. The first-order chi connectivity index (χ1) is 8.66. The summed E-state index contributed by atoms with van der Waals surface area (Å²) >= 11 is 0. The largest absolute Gasteiger partial charge is 0.511 e. The highest BCUT2D eigenvalue weighted by molar-refractivity contribution is 6.64. The fourth-order valence-electron chi connectivity index (χ4n) is 2.64. The van der Waals surface area contributed by atoms with E-state index in [-0.39, 0.29) is 11.1 Å². The van der Waals surface area contributed by atoms with Crippen molar-refractivity contribution in [2.75, 3.05) is 41.2 Å². The molecule has 1 heterocycles. The minimum absolute atomic E-state index is 0.000525. The van der Waals surface area contributed by atoms with Crippen molar-refractivity contribution in [3.63, 3.8) is 0 Å². The Balaban J connectivity index is 2.78. The molecule has 0 aliphatic carbocycles. The van der Waals surface area contributed by atoms with E-state index in [1.165, 1.54) is 0 Å². The smallest absolute Gasteiger partial charge is 0.379 e. The predicted molar refractivity (Wildman–Crippen MR) is 70.6 cm³/mol. The second kappa shape index (κ2) is 6.98. The van der Waals surface area contributed by atoms with E-state index in [2.05, 4.69) is 13.8 Å². The normalized spacial score (nSPS) is 28.2. The molecule has 1 rings (SSSR count). The molecular formula is C12H26O5Si. The van der Waals surface area contributed by atoms with Gasteiger partial charge in [-0.05, 0) is 12.8 Å². The number of rotatable bonds is 9. The van der Waals surface area contributed by atoms with Crippen LogP contribution in [0.5, 0.6) is 0 Å². The Hall–Kier alpha value is 0.0169. The molecule has 108 valence electrons. The van der Waals surface area contributed by atoms with Crippen LogP contribution in [0, 0.1) is 0 Å². The molecule has 0 spiro atoms. The SMILES string of the molecule is CCCOCC1OCC1(CC)[Si](OC)(OC)OC. The monoisotopic (exact) mass is 278 g/mol. The molecule has 0 aromatic rings. The van der Waals surface area contributed by atoms with Gasteiger partial charge in [-0.25, -0.2) is 0 Å². The Morgan fingerprint density at radius 2 is 1.78 bits per heavy atom. The van der Waals surface area contributed by atoms with Crippen molar-refractivity contribution >= 4 is 8.80 Å². The van der Waals surface area contributed by atoms with E-state index >= 15 is 0 Å². The van der Waals surface area contributed by atoms with Crippen LogP contribution in [0.3, 0.4) is 0 Å². The molecule has 0 N–H and O–H groups in total. The highest BCUT2D eigenvalue weighted by Gasteiger charge is 2.68. The summed E-state index contributed by atoms with van der Waals surface area (Å²) in [6.45, 7) is 6.15. The van der Waals surface area contributed by atoms with Crippen LogP contribution in [0.25, 0.3) is 0 Å². The van der Waals surface area contributed by atoms with Gasteiger partial charge in [-0.15, -0.1) is 0 Å². The summed E-state index contributed by atoms with van der Waals surface area (Å²) in [5.41, 5.74) is 0. The second-order valence-electron chi connectivity index (χ2n) is 4.55. The molecule has 1 fully saturated rings. The standard InChI is InChI=1S/C12H26O5Si/c1-6-8-16-9-11-12(7-2,10-17-11)18(13-3,14-4)15-5/h11H,6-10H2,1-5H3. The minimum Gasteiger partial charge on any atom is -0.379 e. The lowest BCUT2D eigenvalue weighted by Crippen LogP contribution is -2.67. The topological polar surface area (TPSA) is 46.2 Å². The van der Waals surface area contributed by atoms with Crippen LogP contribution in [0.1, 0.15) is 26.7 Å². The molecule has 1 saturated heterocycles. The van der Waals surface area contributed by atoms with Gasteiger partial charge in [-0.1, -0.05) is 13.8 Å². The van der Waals surface area contributed by atoms with Crippen molar-refractivity contribution in [3.05, 3.63) is 0 Å². The third-order valence-corrected chi connectivity index (χ3v) is 7.47. The van der Waals surface area contributed by atoms with Crippen molar-refractivity contribution in [1.29, 1.82) is 0 Å². The lowest BCUT2D eigenvalue weighted by molar-refractivity contribution is -0.163. The Kier molecular flexibility index (Phi) is 6.23. The Bertz CT molecular complexity index is 234. The highest BCUT2D eigenvalue weighted by Crippen LogP contribution is 2.53. The third-order valence-electron chi connectivity index (χ3n) is 3.82. The van der Waals surface area contributed by atoms with Crippen molar-refractivity contribution in [2.45, 2.75) is 37.8 Å². The molecule has 5 nitrogen and oxygen atoms in total. The zero-order valence-corrected chi connectivity index (χ0v) is 13.2. The molecule has 0 bridgehead atoms. The van der Waals surface area contributed by atoms with Crippen molar-refractivity contribution in [1.82, 2.24) is 0 Å². The third kappa shape index (κ3) is 2.50. The summed E-state index contributed by atoms with van der Waals surface area (Å²) in [6.07, 6.45) is 1.91. The van der Waals surface area contributed by atoms with E-state index < -0.39 is 8.80 Å². The highest BCUT2D eigenvalue weighted by atomic mass is 28.4. The molecule has 18 heavy (non-hydrogen) atoms. The molecule has 1 aliphatic rings. The first-order valence-corrected chi connectivity index (χ1v) is 8.23. The lowest BCUT2D eigenvalue weighted by Gasteiger charge is -2.53. The maximum absolute atomic E-state index is 5.67. The van der Waals surface area contributed by atoms with Gasteiger partial charge in [0.2, 0.25) is 0 Å². The Morgan fingerprint density at radius 3 is 2.11 bits per heavy atom. The average molecular weight is 278 g/mol. The van der Waals surface area contributed by atoms with Gasteiger partial charge in [0.15, 0.2) is 0 Å². The van der Waals surface area contributed by atoms with E-state index in [0.717, 1.165) is 19.4 Å². The number of hydrogen-bond donors (Lipinski definition) is 0. The van der Waals surface area contributed by atoms with Crippen molar-refractivity contribution in [2.24, 2.45) is 0 Å². The number of hydrogen-bond acceptors (Lipinski definition) is 5. The summed E-state index contributed by atoms with van der Waals surface area (Å²) in [7, 11) is 2.24. The maximum atomic E-state index is 5.67. The molecule has 6 heteroatoms. The summed E-state index contributed by atoms with van der Waals surface area (Å²) < 4.78 is 28.2. The van der Waals surface area contributed by atoms with Gasteiger partial charge in [0.25, 0.3) is 0 Å². The quantitative estimate of drug-likeness (QED) is 0.476. The van der Waals surface area contributed by atoms with Gasteiger partial charge < -0.3 is 22.8 Å². The molecular weight excluding hydrogens is 252 g/mol. The van der Waals surface area contributed by atoms with Gasteiger partial charge in [0.1, 0.15) is 0 Å². The van der Waals surface area contributed by atoms with E-state index in [4.69, 9.17) is 22.8 Å². The van der Waals surface area contributed by atoms with Gasteiger partial charge in [-0.2, -0.15) is 0 Å². The van der Waals surface area contributed by atoms with Gasteiger partial charge in [-0.3, -0.25) is 0 Å². The van der Waals surface area contributed by atoms with Crippen LogP contribution >= 0.6 is 0 Å². The predicted octanol–water partition coefficient (Wildman–Crippen LogP) is 1.84. The van der Waals surface area contributed by atoms with Crippen LogP contribution < -0.4 is 0 Å². The van der Waals surface area contributed by atoms with E-state index in [0.29, 0.717) is 13.2 Å². The molecule has 2 unspecified atom stereocenters. The molecule has 0 aromatic carbocycles. The van der Waals surface area contributed by atoms with Crippen LogP contribution in [0.15, 0.2) is 0 Å². The van der Waals surface area contributed by atoms with Gasteiger partial charge >= 0.3 is 8.80 Å². The fraction of sp³-hybridized carbons (Fsp3) is 1.00. The van der Waals surface area contributed by atoms with Crippen LogP contribution in [0.4, 0.5) is 0 Å². The molecule has 0 amide bonds. The Labute approximate surface area is 111 Å². The first-order valence-electron chi connectivity index (χ1n) is 6.51. The van der Waals surface area contributed by atoms with Gasteiger partial charge in [0, 0.05) is 27.9 Å². The maximum Gasteiger partial charge on any atom is 0.511 e. The molecule has 2 atom stereocenters. The van der Waals surface area contributed by atoms with E-state index in [1.54, 1.807) is 21.3 Å². The Morgan fingerprint density at radius 1 is 1.17 bits per heavy atom. The molecule has 0 radical (unpaired) electrons. The van der Waals surface area contributed by atoms with Crippen molar-refractivity contribution < 1.29 is 22.8 Å². The summed E-state index contributed by atoms with van der Waals surface area (Å²) in [5.74, 6) is 0. The lowest BCUT2D eigenvalue weighted by atomic mass is 9.94. The minimum atomic E-state index is -2.71. The van der Waals surface area contributed by atoms with Crippen LogP contribution in [0.2, 0.25) is 5.04 Å². The fourth-order valence-corrected chi connectivity index (χ4v) is 5.61. The van der Waals surface area contributed by atoms with Crippen LogP contribution in [-0.2, 0) is 22.8 Å². The zero-order chi connectivity index (χ0) is 13.6. The number of ether oxygens (including phenoxy) is 2. The van der Waals surface area contributed by atoms with Gasteiger partial charge in [0.05, 0.1) is 24.4 Å². The average Bonchev–Trinajstić information content (AvgIpc) is 2.39. The van der Waals surface area contributed by atoms with Crippen LogP contribution in [-0.4, -0.2) is 56.1 Å². The summed E-state index contributed by atoms with van der Waals surface area (Å²) in [4.78, 5) is 0. The summed E-state index contributed by atoms with van der Waals surface area (Å²) in [5, 5.41) is -0.182. The molecule has 0 aromatic heterocycles.